The zero-order chi connectivity index (χ0) is 27.7. The first-order valence-electron chi connectivity index (χ1n) is 15.0. The van der Waals surface area contributed by atoms with Crippen molar-refractivity contribution in [1.29, 1.82) is 0 Å². The summed E-state index contributed by atoms with van der Waals surface area (Å²) in [5.41, 5.74) is 13.3. The minimum Gasteiger partial charge on any atom is -0.497 e. The molecule has 0 bridgehead atoms. The van der Waals surface area contributed by atoms with Crippen LogP contribution in [0.4, 0.5) is 5.69 Å². The van der Waals surface area contributed by atoms with Gasteiger partial charge in [0.1, 0.15) is 5.75 Å². The Morgan fingerprint density at radius 2 is 1.77 bits per heavy atom. The maximum Gasteiger partial charge on any atom is 0.237 e. The Morgan fingerprint density at radius 1 is 1.00 bits per heavy atom. The van der Waals surface area contributed by atoms with E-state index in [4.69, 9.17) is 15.5 Å². The number of methoxy groups -OCH3 is 1. The van der Waals surface area contributed by atoms with Gasteiger partial charge in [-0.05, 0) is 80.3 Å². The Bertz CT molecular complexity index is 1430. The SMILES string of the molecule is COc1ccc2nc3c(c(NCCCCCCCCNC(=O)[C@@H](N)Cc4c[nH]c5ccccc45)c2c1)CCCC3. The molecule has 212 valence electrons. The number of ether oxygens (including phenoxy) is 1. The zero-order valence-corrected chi connectivity index (χ0v) is 23.7. The van der Waals surface area contributed by atoms with Crippen molar-refractivity contribution >= 4 is 33.4 Å². The first kappa shape index (κ1) is 28.0. The summed E-state index contributed by atoms with van der Waals surface area (Å²) in [5, 5.41) is 9.10. The molecule has 2 aromatic heterocycles. The fourth-order valence-electron chi connectivity index (χ4n) is 5.88. The first-order valence-corrected chi connectivity index (χ1v) is 15.0. The van der Waals surface area contributed by atoms with Gasteiger partial charge in [-0.2, -0.15) is 0 Å². The van der Waals surface area contributed by atoms with Crippen molar-refractivity contribution in [2.45, 2.75) is 76.7 Å². The summed E-state index contributed by atoms with van der Waals surface area (Å²) in [6.45, 7) is 1.65. The number of carbonyl (C=O) groups is 1. The van der Waals surface area contributed by atoms with E-state index >= 15 is 0 Å². The van der Waals surface area contributed by atoms with Crippen molar-refractivity contribution in [2.24, 2.45) is 5.73 Å². The standard InChI is InChI=1S/C33H43N5O2/c1-40-24-16-17-31-27(21-24)32(26-13-7-9-15-30(26)38-31)35-18-10-4-2-3-5-11-19-36-33(39)28(34)20-23-22-37-29-14-8-6-12-25(23)29/h6,8,12,14,16-17,21-22,28,37H,2-5,7,9-11,13,15,18-20,34H2,1H3,(H,35,38)(H,36,39)/t28-/m0/s1. The Hall–Kier alpha value is -3.58. The predicted octanol–water partition coefficient (Wildman–Crippen LogP) is 6.04. The second kappa shape index (κ2) is 13.7. The van der Waals surface area contributed by atoms with Crippen LogP contribution in [0.3, 0.4) is 0 Å². The lowest BCUT2D eigenvalue weighted by atomic mass is 9.92. The number of carbonyl (C=O) groups excluding carboxylic acids is 1. The molecule has 1 atom stereocenters. The molecule has 0 aliphatic heterocycles. The number of anilines is 1. The summed E-state index contributed by atoms with van der Waals surface area (Å²) in [6.07, 6.45) is 14.0. The van der Waals surface area contributed by atoms with Crippen LogP contribution in [0.15, 0.2) is 48.7 Å². The maximum absolute atomic E-state index is 12.5. The molecule has 1 aliphatic rings. The molecule has 40 heavy (non-hydrogen) atoms. The van der Waals surface area contributed by atoms with Gasteiger partial charge in [-0.15, -0.1) is 0 Å². The maximum atomic E-state index is 12.5. The quantitative estimate of drug-likeness (QED) is 0.146. The minimum atomic E-state index is -0.532. The lowest BCUT2D eigenvalue weighted by Gasteiger charge is -2.22. The molecule has 4 aromatic rings. The van der Waals surface area contributed by atoms with E-state index in [2.05, 4.69) is 33.8 Å². The van der Waals surface area contributed by atoms with Gasteiger partial charge in [0.2, 0.25) is 5.91 Å². The van der Waals surface area contributed by atoms with Crippen LogP contribution < -0.4 is 21.1 Å². The number of nitrogens with zero attached hydrogens (tertiary/aromatic N) is 1. The average molecular weight is 542 g/mol. The van der Waals surface area contributed by atoms with Crippen LogP contribution in [-0.4, -0.2) is 42.1 Å². The molecule has 0 radical (unpaired) electrons. The molecule has 2 aromatic carbocycles. The Kier molecular flexibility index (Phi) is 9.55. The topological polar surface area (TPSA) is 105 Å². The number of nitrogens with two attached hydrogens (primary N) is 1. The van der Waals surface area contributed by atoms with Crippen molar-refractivity contribution in [3.8, 4) is 5.75 Å². The fourth-order valence-corrected chi connectivity index (χ4v) is 5.88. The second-order valence-electron chi connectivity index (χ2n) is 11.0. The van der Waals surface area contributed by atoms with Gasteiger partial charge in [0.15, 0.2) is 0 Å². The Balaban J connectivity index is 0.983. The number of nitrogens with one attached hydrogen (secondary N) is 3. The second-order valence-corrected chi connectivity index (χ2v) is 11.0. The highest BCUT2D eigenvalue weighted by Crippen LogP contribution is 2.35. The number of H-pyrrole nitrogens is 1. The summed E-state index contributed by atoms with van der Waals surface area (Å²) in [4.78, 5) is 20.7. The molecule has 0 fully saturated rings. The van der Waals surface area contributed by atoms with E-state index in [9.17, 15) is 4.79 Å². The van der Waals surface area contributed by atoms with Gasteiger partial charge in [-0.1, -0.05) is 43.9 Å². The first-order chi connectivity index (χ1) is 19.6. The van der Waals surface area contributed by atoms with E-state index in [-0.39, 0.29) is 5.91 Å². The molecule has 7 nitrogen and oxygen atoms in total. The highest BCUT2D eigenvalue weighted by molar-refractivity contribution is 5.94. The van der Waals surface area contributed by atoms with E-state index in [0.717, 1.165) is 66.4 Å². The number of pyridine rings is 1. The Labute approximate surface area is 237 Å². The number of amides is 1. The van der Waals surface area contributed by atoms with Crippen LogP contribution >= 0.6 is 0 Å². The molecular formula is C33H43N5O2. The highest BCUT2D eigenvalue weighted by Gasteiger charge is 2.19. The van der Waals surface area contributed by atoms with Gasteiger partial charge in [0.25, 0.3) is 0 Å². The number of para-hydroxylation sites is 1. The molecule has 2 heterocycles. The number of hydrogen-bond donors (Lipinski definition) is 4. The summed E-state index contributed by atoms with van der Waals surface area (Å²) in [6, 6.07) is 13.8. The van der Waals surface area contributed by atoms with Gasteiger partial charge in [-0.25, -0.2) is 0 Å². The number of rotatable bonds is 14. The molecule has 5 rings (SSSR count). The van der Waals surface area contributed by atoms with E-state index < -0.39 is 6.04 Å². The van der Waals surface area contributed by atoms with E-state index in [0.29, 0.717) is 13.0 Å². The normalized spacial score (nSPS) is 13.8. The van der Waals surface area contributed by atoms with Crippen LogP contribution in [0, 0.1) is 0 Å². The molecule has 7 heteroatoms. The molecule has 0 saturated heterocycles. The number of aryl methyl sites for hydroxylation is 1. The highest BCUT2D eigenvalue weighted by atomic mass is 16.5. The predicted molar refractivity (Wildman–Crippen MR) is 164 cm³/mol. The van der Waals surface area contributed by atoms with Crippen molar-refractivity contribution in [1.82, 2.24) is 15.3 Å². The average Bonchev–Trinajstić information content (AvgIpc) is 3.39. The third kappa shape index (κ3) is 6.76. The van der Waals surface area contributed by atoms with Crippen LogP contribution in [0.5, 0.6) is 5.75 Å². The van der Waals surface area contributed by atoms with Gasteiger partial charge >= 0.3 is 0 Å². The fraction of sp³-hybridized carbons (Fsp3) is 0.455. The number of hydrogen-bond acceptors (Lipinski definition) is 5. The third-order valence-electron chi connectivity index (χ3n) is 8.13. The van der Waals surface area contributed by atoms with Gasteiger partial charge in [0, 0.05) is 47.0 Å². The monoisotopic (exact) mass is 541 g/mol. The van der Waals surface area contributed by atoms with Crippen molar-refractivity contribution < 1.29 is 9.53 Å². The van der Waals surface area contributed by atoms with Crippen molar-refractivity contribution in [3.63, 3.8) is 0 Å². The summed E-state index contributed by atoms with van der Waals surface area (Å²) >= 11 is 0. The smallest absolute Gasteiger partial charge is 0.237 e. The summed E-state index contributed by atoms with van der Waals surface area (Å²) in [5.74, 6) is 0.806. The van der Waals surface area contributed by atoms with Gasteiger partial charge in [0.05, 0.1) is 18.7 Å². The lowest BCUT2D eigenvalue weighted by Crippen LogP contribution is -2.42. The molecule has 5 N–H and O–H groups in total. The molecule has 0 saturated carbocycles. The van der Waals surface area contributed by atoms with Crippen molar-refractivity contribution in [2.75, 3.05) is 25.5 Å². The van der Waals surface area contributed by atoms with Crippen LogP contribution in [0.25, 0.3) is 21.8 Å². The van der Waals surface area contributed by atoms with E-state index in [1.54, 1.807) is 7.11 Å². The molecule has 1 aliphatic carbocycles. The number of unbranched alkanes of at least 4 members (excludes halogenated alkanes) is 5. The van der Waals surface area contributed by atoms with Gasteiger partial charge in [-0.3, -0.25) is 9.78 Å². The summed E-state index contributed by atoms with van der Waals surface area (Å²) < 4.78 is 5.49. The number of aromatic nitrogens is 2. The molecule has 1 amide bonds. The van der Waals surface area contributed by atoms with E-state index in [1.807, 2.05) is 30.5 Å². The van der Waals surface area contributed by atoms with Crippen LogP contribution in [-0.2, 0) is 24.1 Å². The molecular weight excluding hydrogens is 498 g/mol. The lowest BCUT2D eigenvalue weighted by molar-refractivity contribution is -0.122. The minimum absolute atomic E-state index is 0.0696. The number of aromatic amines is 1. The largest absolute Gasteiger partial charge is 0.497 e. The third-order valence-corrected chi connectivity index (χ3v) is 8.13. The molecule has 0 spiro atoms. The van der Waals surface area contributed by atoms with Crippen LogP contribution in [0.1, 0.15) is 68.2 Å². The van der Waals surface area contributed by atoms with Gasteiger partial charge < -0.3 is 26.1 Å². The summed E-state index contributed by atoms with van der Waals surface area (Å²) in [7, 11) is 1.72. The zero-order valence-electron chi connectivity index (χ0n) is 23.7. The number of fused-ring (bicyclic) bond motifs is 3. The van der Waals surface area contributed by atoms with E-state index in [1.165, 1.54) is 54.4 Å². The van der Waals surface area contributed by atoms with Crippen LogP contribution in [0.2, 0.25) is 0 Å². The molecule has 0 unspecified atom stereocenters. The van der Waals surface area contributed by atoms with Crippen molar-refractivity contribution in [3.05, 3.63) is 65.5 Å². The number of benzene rings is 2. The Morgan fingerprint density at radius 3 is 2.62 bits per heavy atom.